The molecule has 9 heteroatoms. The molecule has 49 heavy (non-hydrogen) atoms. The van der Waals surface area contributed by atoms with Crippen molar-refractivity contribution < 1.29 is 33.8 Å². The van der Waals surface area contributed by atoms with Crippen LogP contribution in [0.1, 0.15) is 83.4 Å². The van der Waals surface area contributed by atoms with Gasteiger partial charge in [-0.25, -0.2) is 4.79 Å². The Balaban J connectivity index is 1.29. The van der Waals surface area contributed by atoms with Crippen LogP contribution >= 0.6 is 0 Å². The molecule has 4 aromatic carbocycles. The molecule has 9 nitrogen and oxygen atoms in total. The molecular formula is C40H44N2O7. The van der Waals surface area contributed by atoms with Crippen LogP contribution in [-0.2, 0) is 29.0 Å². The smallest absolute Gasteiger partial charge is 0.343 e. The number of carboxylic acid groups (broad SMARTS) is 1. The molecule has 4 aromatic rings. The number of unbranched alkanes of at least 4 members (excludes halogenated alkanes) is 4. The zero-order chi connectivity index (χ0) is 35.0. The molecule has 4 rings (SSSR count). The van der Waals surface area contributed by atoms with Gasteiger partial charge in [-0.2, -0.15) is 0 Å². The lowest BCUT2D eigenvalue weighted by Crippen LogP contribution is -2.35. The van der Waals surface area contributed by atoms with Crippen LogP contribution in [0.25, 0.3) is 0 Å². The quantitative estimate of drug-likeness (QED) is 0.0634. The van der Waals surface area contributed by atoms with Gasteiger partial charge in [0.15, 0.2) is 0 Å². The van der Waals surface area contributed by atoms with E-state index < -0.39 is 24.4 Å². The van der Waals surface area contributed by atoms with Gasteiger partial charge in [0.25, 0.3) is 5.91 Å². The van der Waals surface area contributed by atoms with Crippen LogP contribution in [0.3, 0.4) is 0 Å². The lowest BCUT2D eigenvalue weighted by Gasteiger charge is -2.21. The van der Waals surface area contributed by atoms with Crippen molar-refractivity contribution in [1.29, 1.82) is 0 Å². The maximum absolute atomic E-state index is 13.3. The Morgan fingerprint density at radius 2 is 1.27 bits per heavy atom. The Morgan fingerprint density at radius 3 is 1.90 bits per heavy atom. The minimum Gasteiger partial charge on any atom is -0.494 e. The third-order valence-corrected chi connectivity index (χ3v) is 7.94. The summed E-state index contributed by atoms with van der Waals surface area (Å²) in [5, 5.41) is 12.3. The van der Waals surface area contributed by atoms with Gasteiger partial charge >= 0.3 is 11.9 Å². The number of aliphatic carboxylic acids is 1. The lowest BCUT2D eigenvalue weighted by atomic mass is 10.1. The number of rotatable bonds is 18. The molecule has 0 heterocycles. The summed E-state index contributed by atoms with van der Waals surface area (Å²) in [4.78, 5) is 51.4. The zero-order valence-electron chi connectivity index (χ0n) is 28.2. The van der Waals surface area contributed by atoms with E-state index in [4.69, 9.17) is 9.47 Å². The highest BCUT2D eigenvalue weighted by atomic mass is 16.5. The number of nitrogens with zero attached hydrogens (tertiary/aromatic N) is 1. The standard InChI is InChI=1S/C40H44N2O7/c1-3-5-6-7-8-25-48-35-23-17-33(18-24-35)40(47)49-36-21-13-31(14-22-36)27-42(28-38(44)45)39(46)32-15-19-34(20-16-32)41-37(43)26-30-11-9-29(4-2)10-12-30/h9-24H,3-8,25-28H2,1-2H3,(H,41,43)(H,44,45). The van der Waals surface area contributed by atoms with Gasteiger partial charge in [0.05, 0.1) is 18.6 Å². The number of benzene rings is 4. The van der Waals surface area contributed by atoms with E-state index in [2.05, 4.69) is 19.2 Å². The van der Waals surface area contributed by atoms with Crippen LogP contribution in [-0.4, -0.2) is 46.9 Å². The average Bonchev–Trinajstić information content (AvgIpc) is 3.10. The van der Waals surface area contributed by atoms with Crippen molar-refractivity contribution in [3.8, 4) is 11.5 Å². The van der Waals surface area contributed by atoms with E-state index in [1.54, 1.807) is 72.8 Å². The molecular weight excluding hydrogens is 620 g/mol. The highest BCUT2D eigenvalue weighted by molar-refractivity contribution is 5.97. The SMILES string of the molecule is CCCCCCCOc1ccc(C(=O)Oc2ccc(CN(CC(=O)O)C(=O)c3ccc(NC(=O)Cc4ccc(CC)cc4)cc3)cc2)cc1. The van der Waals surface area contributed by atoms with Crippen molar-refractivity contribution in [3.05, 3.63) is 125 Å². The number of nitrogens with one attached hydrogen (secondary N) is 1. The number of esters is 1. The Labute approximate surface area is 287 Å². The van der Waals surface area contributed by atoms with Crippen molar-refractivity contribution in [3.63, 3.8) is 0 Å². The van der Waals surface area contributed by atoms with Gasteiger partial charge in [-0.1, -0.05) is 75.9 Å². The summed E-state index contributed by atoms with van der Waals surface area (Å²) in [6, 6.07) is 27.6. The fraction of sp³-hybridized carbons (Fsp3) is 0.300. The van der Waals surface area contributed by atoms with Gasteiger partial charge in [0, 0.05) is 17.8 Å². The molecule has 0 aromatic heterocycles. The number of aryl methyl sites for hydroxylation is 1. The maximum atomic E-state index is 13.3. The van der Waals surface area contributed by atoms with E-state index in [-0.39, 0.29) is 24.4 Å². The fourth-order valence-corrected chi connectivity index (χ4v) is 5.16. The van der Waals surface area contributed by atoms with Gasteiger partial charge in [-0.15, -0.1) is 0 Å². The van der Waals surface area contributed by atoms with Crippen LogP contribution in [0.2, 0.25) is 0 Å². The van der Waals surface area contributed by atoms with Gasteiger partial charge in [-0.3, -0.25) is 14.4 Å². The molecule has 0 unspecified atom stereocenters. The molecule has 2 amide bonds. The summed E-state index contributed by atoms with van der Waals surface area (Å²) < 4.78 is 11.3. The topological polar surface area (TPSA) is 122 Å². The first-order valence-electron chi connectivity index (χ1n) is 16.8. The van der Waals surface area contributed by atoms with Crippen molar-refractivity contribution in [2.24, 2.45) is 0 Å². The normalized spacial score (nSPS) is 10.7. The average molecular weight is 665 g/mol. The predicted octanol–water partition coefficient (Wildman–Crippen LogP) is 7.73. The molecule has 0 aliphatic rings. The Morgan fingerprint density at radius 1 is 0.673 bits per heavy atom. The van der Waals surface area contributed by atoms with Crippen LogP contribution in [0.5, 0.6) is 11.5 Å². The number of hydrogen-bond donors (Lipinski definition) is 2. The molecule has 0 aliphatic carbocycles. The molecule has 0 saturated heterocycles. The fourth-order valence-electron chi connectivity index (χ4n) is 5.16. The summed E-state index contributed by atoms with van der Waals surface area (Å²) in [5.41, 5.74) is 3.94. The summed E-state index contributed by atoms with van der Waals surface area (Å²) in [6.45, 7) is 4.40. The van der Waals surface area contributed by atoms with E-state index in [1.807, 2.05) is 24.3 Å². The molecule has 2 N–H and O–H groups in total. The number of hydrogen-bond acceptors (Lipinski definition) is 6. The predicted molar refractivity (Wildman–Crippen MR) is 189 cm³/mol. The van der Waals surface area contributed by atoms with Gasteiger partial charge in [-0.05, 0) is 90.2 Å². The summed E-state index contributed by atoms with van der Waals surface area (Å²) in [7, 11) is 0. The Bertz CT molecular complexity index is 1670. The maximum Gasteiger partial charge on any atom is 0.343 e. The number of ether oxygens (including phenoxy) is 2. The monoisotopic (exact) mass is 664 g/mol. The van der Waals surface area contributed by atoms with E-state index in [9.17, 15) is 24.3 Å². The first-order chi connectivity index (χ1) is 23.7. The summed E-state index contributed by atoms with van der Waals surface area (Å²) >= 11 is 0. The van der Waals surface area contributed by atoms with Crippen molar-refractivity contribution in [2.75, 3.05) is 18.5 Å². The van der Waals surface area contributed by atoms with Crippen LogP contribution in [0.4, 0.5) is 5.69 Å². The molecule has 0 aliphatic heterocycles. The first-order valence-corrected chi connectivity index (χ1v) is 16.8. The highest BCUT2D eigenvalue weighted by Gasteiger charge is 2.20. The number of carbonyl (C=O) groups is 4. The van der Waals surface area contributed by atoms with Crippen LogP contribution in [0.15, 0.2) is 97.1 Å². The zero-order valence-corrected chi connectivity index (χ0v) is 28.2. The Hall–Kier alpha value is -5.44. The van der Waals surface area contributed by atoms with Crippen LogP contribution < -0.4 is 14.8 Å². The van der Waals surface area contributed by atoms with Gasteiger partial charge in [0.1, 0.15) is 18.0 Å². The molecule has 256 valence electrons. The van der Waals surface area contributed by atoms with Crippen molar-refractivity contribution >= 4 is 29.4 Å². The largest absolute Gasteiger partial charge is 0.494 e. The molecule has 0 saturated carbocycles. The number of carbonyl (C=O) groups excluding carboxylic acids is 3. The second-order valence-electron chi connectivity index (χ2n) is 11.8. The third-order valence-electron chi connectivity index (χ3n) is 7.94. The first kappa shape index (κ1) is 36.4. The van der Waals surface area contributed by atoms with Crippen LogP contribution in [0, 0.1) is 0 Å². The van der Waals surface area contributed by atoms with Gasteiger partial charge in [0.2, 0.25) is 5.91 Å². The van der Waals surface area contributed by atoms with E-state index in [1.165, 1.54) is 29.7 Å². The minimum absolute atomic E-state index is 0.0226. The minimum atomic E-state index is -1.15. The lowest BCUT2D eigenvalue weighted by molar-refractivity contribution is -0.137. The second kappa shape index (κ2) is 18.8. The molecule has 0 spiro atoms. The Kier molecular flexibility index (Phi) is 14.0. The van der Waals surface area contributed by atoms with E-state index in [0.29, 0.717) is 34.9 Å². The van der Waals surface area contributed by atoms with Gasteiger partial charge < -0.3 is 24.8 Å². The molecule has 0 fully saturated rings. The highest BCUT2D eigenvalue weighted by Crippen LogP contribution is 2.20. The van der Waals surface area contributed by atoms with Crippen molar-refractivity contribution in [1.82, 2.24) is 4.90 Å². The second-order valence-corrected chi connectivity index (χ2v) is 11.8. The molecule has 0 radical (unpaired) electrons. The number of amides is 2. The van der Waals surface area contributed by atoms with E-state index >= 15 is 0 Å². The summed E-state index contributed by atoms with van der Waals surface area (Å²) in [6.07, 6.45) is 6.91. The molecule has 0 atom stereocenters. The summed E-state index contributed by atoms with van der Waals surface area (Å²) in [5.74, 6) is -1.33. The molecule has 0 bridgehead atoms. The van der Waals surface area contributed by atoms with Crippen molar-refractivity contribution in [2.45, 2.75) is 65.3 Å². The van der Waals surface area contributed by atoms with E-state index in [0.717, 1.165) is 24.8 Å². The number of anilines is 1. The third kappa shape index (κ3) is 11.9. The number of carboxylic acids is 1.